The minimum Gasteiger partial charge on any atom is -0.465 e. The summed E-state index contributed by atoms with van der Waals surface area (Å²) in [5.41, 5.74) is -0.684. The molecule has 0 saturated heterocycles. The average molecular weight is 282 g/mol. The second kappa shape index (κ2) is 6.35. The number of allylic oxidation sites excluding steroid dienone is 1. The van der Waals surface area contributed by atoms with Crippen molar-refractivity contribution in [3.8, 4) is 0 Å². The fourth-order valence-corrected chi connectivity index (χ4v) is 2.44. The molecular formula is C18H18O3. The zero-order valence-corrected chi connectivity index (χ0v) is 12.0. The summed E-state index contributed by atoms with van der Waals surface area (Å²) in [4.78, 5) is 24.0. The number of rotatable bonds is 6. The van der Waals surface area contributed by atoms with Crippen molar-refractivity contribution in [3.05, 3.63) is 60.7 Å². The van der Waals surface area contributed by atoms with E-state index < -0.39 is 11.4 Å². The number of hydrogen-bond acceptors (Lipinski definition) is 3. The second-order valence-electron chi connectivity index (χ2n) is 4.86. The molecule has 0 bridgehead atoms. The van der Waals surface area contributed by atoms with E-state index in [1.165, 1.54) is 0 Å². The highest BCUT2D eigenvalue weighted by Gasteiger charge is 2.40. The summed E-state index contributed by atoms with van der Waals surface area (Å²) in [5.74, 6) is -0.532. The normalized spacial score (nSPS) is 13.4. The van der Waals surface area contributed by atoms with E-state index >= 15 is 0 Å². The summed E-state index contributed by atoms with van der Waals surface area (Å²) < 4.78 is 5.10. The van der Waals surface area contributed by atoms with Crippen molar-refractivity contribution < 1.29 is 14.3 Å². The summed E-state index contributed by atoms with van der Waals surface area (Å²) in [7, 11) is 0. The molecule has 2 rings (SSSR count). The predicted octanol–water partition coefficient (Wildman–Crippen LogP) is 3.42. The Morgan fingerprint density at radius 1 is 1.24 bits per heavy atom. The maximum absolute atomic E-state index is 12.3. The highest BCUT2D eigenvalue weighted by molar-refractivity contribution is 6.01. The molecule has 0 spiro atoms. The fourth-order valence-electron chi connectivity index (χ4n) is 2.44. The lowest BCUT2D eigenvalue weighted by Crippen LogP contribution is -2.38. The number of carbonyl (C=O) groups is 2. The van der Waals surface area contributed by atoms with Gasteiger partial charge in [0.15, 0.2) is 5.41 Å². The molecule has 0 saturated carbocycles. The number of ether oxygens (including phenoxy) is 1. The first-order chi connectivity index (χ1) is 10.2. The summed E-state index contributed by atoms with van der Waals surface area (Å²) in [5, 5.41) is 2.04. The van der Waals surface area contributed by atoms with Crippen molar-refractivity contribution in [3.63, 3.8) is 0 Å². The zero-order valence-electron chi connectivity index (χ0n) is 12.0. The molecule has 108 valence electrons. The van der Waals surface area contributed by atoms with Gasteiger partial charge in [-0.3, -0.25) is 4.79 Å². The number of benzene rings is 2. The molecule has 2 aromatic carbocycles. The van der Waals surface area contributed by atoms with E-state index in [2.05, 4.69) is 6.58 Å². The van der Waals surface area contributed by atoms with Crippen LogP contribution in [0.1, 0.15) is 18.9 Å². The van der Waals surface area contributed by atoms with Crippen LogP contribution in [0.4, 0.5) is 0 Å². The van der Waals surface area contributed by atoms with Crippen LogP contribution in [0.5, 0.6) is 0 Å². The number of carbonyl (C=O) groups excluding carboxylic acids is 2. The van der Waals surface area contributed by atoms with E-state index in [1.54, 1.807) is 19.1 Å². The molecule has 1 atom stereocenters. The Bertz CT molecular complexity index is 675. The van der Waals surface area contributed by atoms with Crippen LogP contribution in [-0.2, 0) is 19.7 Å². The lowest BCUT2D eigenvalue weighted by molar-refractivity contribution is -0.151. The minimum atomic E-state index is -1.32. The van der Waals surface area contributed by atoms with Gasteiger partial charge in [0.05, 0.1) is 6.61 Å². The minimum absolute atomic E-state index is 0.216. The molecule has 3 heteroatoms. The quantitative estimate of drug-likeness (QED) is 0.353. The maximum atomic E-state index is 12.3. The lowest BCUT2D eigenvalue weighted by atomic mass is 9.78. The van der Waals surface area contributed by atoms with Crippen LogP contribution >= 0.6 is 0 Å². The number of hydrogen-bond donors (Lipinski definition) is 0. The smallest absolute Gasteiger partial charge is 0.324 e. The fraction of sp³-hybridized carbons (Fsp3) is 0.222. The van der Waals surface area contributed by atoms with Gasteiger partial charge in [-0.25, -0.2) is 0 Å². The largest absolute Gasteiger partial charge is 0.465 e. The first-order valence-corrected chi connectivity index (χ1v) is 6.91. The first kappa shape index (κ1) is 15.0. The molecule has 0 aromatic heterocycles. The van der Waals surface area contributed by atoms with E-state index in [1.807, 2.05) is 36.4 Å². The summed E-state index contributed by atoms with van der Waals surface area (Å²) in [6.07, 6.45) is 2.45. The van der Waals surface area contributed by atoms with Crippen molar-refractivity contribution in [2.45, 2.75) is 18.8 Å². The number of aldehydes is 1. The Balaban J connectivity index is 2.59. The van der Waals surface area contributed by atoms with Gasteiger partial charge in [-0.2, -0.15) is 0 Å². The van der Waals surface area contributed by atoms with Crippen LogP contribution in [0.15, 0.2) is 55.1 Å². The maximum Gasteiger partial charge on any atom is 0.324 e. The Morgan fingerprint density at radius 2 is 1.95 bits per heavy atom. The third-order valence-electron chi connectivity index (χ3n) is 3.57. The van der Waals surface area contributed by atoms with Crippen LogP contribution in [0.25, 0.3) is 10.8 Å². The topological polar surface area (TPSA) is 43.4 Å². The Labute approximate surface area is 124 Å². The Morgan fingerprint density at radius 3 is 2.57 bits per heavy atom. The van der Waals surface area contributed by atoms with Gasteiger partial charge >= 0.3 is 5.97 Å². The van der Waals surface area contributed by atoms with Gasteiger partial charge in [-0.1, -0.05) is 42.5 Å². The van der Waals surface area contributed by atoms with Crippen LogP contribution in [-0.4, -0.2) is 18.9 Å². The lowest BCUT2D eigenvalue weighted by Gasteiger charge is -2.25. The van der Waals surface area contributed by atoms with Crippen LogP contribution < -0.4 is 0 Å². The standard InChI is InChI=1S/C18H18O3/c1-3-11-18(13-19,17(20)21-4-2)16-10-9-14-7-5-6-8-15(14)12-16/h3,5-10,12-13H,1,4,11H2,2H3. The molecule has 21 heavy (non-hydrogen) atoms. The monoisotopic (exact) mass is 282 g/mol. The van der Waals surface area contributed by atoms with Crippen LogP contribution in [0, 0.1) is 0 Å². The SMILES string of the molecule is C=CCC(C=O)(C(=O)OCC)c1ccc2ccccc2c1. The predicted molar refractivity (Wildman–Crippen MR) is 83.1 cm³/mol. The van der Waals surface area contributed by atoms with E-state index in [0.717, 1.165) is 10.8 Å². The third kappa shape index (κ3) is 2.72. The molecule has 1 unspecified atom stereocenters. The van der Waals surface area contributed by atoms with Gasteiger partial charge in [-0.05, 0) is 35.7 Å². The molecular weight excluding hydrogens is 264 g/mol. The highest BCUT2D eigenvalue weighted by Crippen LogP contribution is 2.30. The molecule has 0 aliphatic heterocycles. The van der Waals surface area contributed by atoms with E-state index in [4.69, 9.17) is 4.74 Å². The van der Waals surface area contributed by atoms with Gasteiger partial charge in [0.2, 0.25) is 0 Å². The van der Waals surface area contributed by atoms with E-state index in [0.29, 0.717) is 11.8 Å². The molecule has 0 aliphatic rings. The van der Waals surface area contributed by atoms with Gasteiger partial charge in [0.25, 0.3) is 0 Å². The van der Waals surface area contributed by atoms with Gasteiger partial charge in [-0.15, -0.1) is 6.58 Å². The van der Waals surface area contributed by atoms with Crippen molar-refractivity contribution >= 4 is 23.0 Å². The molecule has 2 aromatic rings. The Kier molecular flexibility index (Phi) is 4.53. The zero-order chi connectivity index (χ0) is 15.3. The molecule has 0 N–H and O–H groups in total. The van der Waals surface area contributed by atoms with E-state index in [9.17, 15) is 9.59 Å². The summed E-state index contributed by atoms with van der Waals surface area (Å²) in [6.45, 7) is 5.62. The van der Waals surface area contributed by atoms with Crippen LogP contribution in [0.2, 0.25) is 0 Å². The molecule has 0 heterocycles. The number of fused-ring (bicyclic) bond motifs is 1. The molecule has 0 radical (unpaired) electrons. The van der Waals surface area contributed by atoms with Crippen molar-refractivity contribution in [2.24, 2.45) is 0 Å². The van der Waals surface area contributed by atoms with Gasteiger partial charge in [0, 0.05) is 0 Å². The number of esters is 1. The third-order valence-corrected chi connectivity index (χ3v) is 3.57. The van der Waals surface area contributed by atoms with Gasteiger partial charge < -0.3 is 9.53 Å². The summed E-state index contributed by atoms with van der Waals surface area (Å²) >= 11 is 0. The van der Waals surface area contributed by atoms with Crippen molar-refractivity contribution in [1.29, 1.82) is 0 Å². The molecule has 3 nitrogen and oxygen atoms in total. The molecule has 0 amide bonds. The molecule has 0 aliphatic carbocycles. The van der Waals surface area contributed by atoms with E-state index in [-0.39, 0.29) is 13.0 Å². The van der Waals surface area contributed by atoms with Crippen LogP contribution in [0.3, 0.4) is 0 Å². The highest BCUT2D eigenvalue weighted by atomic mass is 16.5. The summed E-state index contributed by atoms with van der Waals surface area (Å²) in [6, 6.07) is 13.4. The average Bonchev–Trinajstić information content (AvgIpc) is 2.52. The Hall–Kier alpha value is -2.42. The van der Waals surface area contributed by atoms with Gasteiger partial charge in [0.1, 0.15) is 6.29 Å². The second-order valence-corrected chi connectivity index (χ2v) is 4.86. The van der Waals surface area contributed by atoms with Crippen molar-refractivity contribution in [1.82, 2.24) is 0 Å². The first-order valence-electron chi connectivity index (χ1n) is 6.91. The molecule has 0 fully saturated rings. The van der Waals surface area contributed by atoms with Crippen molar-refractivity contribution in [2.75, 3.05) is 6.61 Å².